The van der Waals surface area contributed by atoms with Gasteiger partial charge in [-0.15, -0.1) is 0 Å². The zero-order valence-corrected chi connectivity index (χ0v) is 7.09. The maximum Gasteiger partial charge on any atom is 0.0592 e. The highest BCUT2D eigenvalue weighted by Gasteiger charge is 1.93. The smallest absolute Gasteiger partial charge is 0.0592 e. The number of rotatable bonds is 2. The lowest BCUT2D eigenvalue weighted by molar-refractivity contribution is 0.627. The molecular formula is C9H14N2. The number of hydrogen-bond donors (Lipinski definition) is 1. The summed E-state index contributed by atoms with van der Waals surface area (Å²) in [6, 6.07) is 0. The molecular weight excluding hydrogens is 136 g/mol. The van der Waals surface area contributed by atoms with Crippen molar-refractivity contribution < 1.29 is 0 Å². The molecule has 0 aromatic rings. The van der Waals surface area contributed by atoms with E-state index in [1.165, 1.54) is 0 Å². The molecule has 0 amide bonds. The van der Waals surface area contributed by atoms with Crippen LogP contribution in [0.25, 0.3) is 0 Å². The van der Waals surface area contributed by atoms with E-state index < -0.39 is 0 Å². The molecule has 1 N–H and O–H groups in total. The second kappa shape index (κ2) is 3.89. The monoisotopic (exact) mass is 150 g/mol. The van der Waals surface area contributed by atoms with Crippen LogP contribution >= 0.6 is 0 Å². The molecule has 1 aliphatic heterocycles. The molecule has 0 spiro atoms. The number of allylic oxidation sites excluding steroid dienone is 1. The second-order valence-electron chi connectivity index (χ2n) is 2.54. The van der Waals surface area contributed by atoms with Gasteiger partial charge in [0.1, 0.15) is 0 Å². The Morgan fingerprint density at radius 3 is 3.27 bits per heavy atom. The average Bonchev–Trinajstić information content (AvgIpc) is 2.17. The van der Waals surface area contributed by atoms with Crippen molar-refractivity contribution in [3.05, 3.63) is 29.9 Å². The minimum absolute atomic E-state index is 0.953. The minimum atomic E-state index is 0.953. The SMILES string of the molecule is CCNC1=C=CN(C)C=CC1. The standard InChI is InChI=1S/C9H14N2/c1-3-10-9-5-4-7-11(2)8-6-9/h4,7-8,10H,3,5H2,1-2H3. The lowest BCUT2D eigenvalue weighted by Gasteiger charge is -2.01. The highest BCUT2D eigenvalue weighted by atomic mass is 15.0. The third-order valence-corrected chi connectivity index (χ3v) is 1.50. The van der Waals surface area contributed by atoms with E-state index >= 15 is 0 Å². The molecule has 1 rings (SSSR count). The van der Waals surface area contributed by atoms with E-state index in [-0.39, 0.29) is 0 Å². The number of nitrogens with one attached hydrogen (secondary N) is 1. The van der Waals surface area contributed by atoms with Crippen LogP contribution in [0.5, 0.6) is 0 Å². The normalized spacial score (nSPS) is 16.2. The van der Waals surface area contributed by atoms with Gasteiger partial charge in [-0.3, -0.25) is 0 Å². The van der Waals surface area contributed by atoms with E-state index in [1.807, 2.05) is 24.3 Å². The Morgan fingerprint density at radius 1 is 1.73 bits per heavy atom. The van der Waals surface area contributed by atoms with E-state index in [9.17, 15) is 0 Å². The Morgan fingerprint density at radius 2 is 2.55 bits per heavy atom. The van der Waals surface area contributed by atoms with Crippen LogP contribution in [0, 0.1) is 0 Å². The van der Waals surface area contributed by atoms with Crippen LogP contribution in [-0.2, 0) is 0 Å². The summed E-state index contributed by atoms with van der Waals surface area (Å²) in [7, 11) is 2.00. The van der Waals surface area contributed by atoms with Crippen molar-refractivity contribution >= 4 is 0 Å². The molecule has 0 saturated heterocycles. The fraction of sp³-hybridized carbons (Fsp3) is 0.444. The van der Waals surface area contributed by atoms with Crippen molar-refractivity contribution in [2.45, 2.75) is 13.3 Å². The zero-order chi connectivity index (χ0) is 8.10. The molecule has 2 nitrogen and oxygen atoms in total. The molecule has 0 radical (unpaired) electrons. The van der Waals surface area contributed by atoms with Crippen molar-refractivity contribution in [3.8, 4) is 0 Å². The summed E-state index contributed by atoms with van der Waals surface area (Å²) in [6.07, 6.45) is 7.04. The van der Waals surface area contributed by atoms with Gasteiger partial charge in [-0.2, -0.15) is 0 Å². The Labute approximate surface area is 67.9 Å². The van der Waals surface area contributed by atoms with Gasteiger partial charge in [0.25, 0.3) is 0 Å². The summed E-state index contributed by atoms with van der Waals surface area (Å²) in [5.41, 5.74) is 4.34. The molecule has 2 heteroatoms. The molecule has 0 aromatic carbocycles. The minimum Gasteiger partial charge on any atom is -0.382 e. The molecule has 0 atom stereocenters. The Bertz CT molecular complexity index is 210. The number of nitrogens with zero attached hydrogens (tertiary/aromatic N) is 1. The second-order valence-corrected chi connectivity index (χ2v) is 2.54. The molecule has 0 fully saturated rings. The van der Waals surface area contributed by atoms with Crippen LogP contribution in [0.3, 0.4) is 0 Å². The topological polar surface area (TPSA) is 15.3 Å². The third kappa shape index (κ3) is 2.52. The van der Waals surface area contributed by atoms with Crippen LogP contribution in [0.4, 0.5) is 0 Å². The van der Waals surface area contributed by atoms with Gasteiger partial charge < -0.3 is 10.2 Å². The summed E-state index contributed by atoms with van der Waals surface area (Å²) < 4.78 is 0. The van der Waals surface area contributed by atoms with E-state index in [1.54, 1.807) is 0 Å². The largest absolute Gasteiger partial charge is 0.382 e. The zero-order valence-electron chi connectivity index (χ0n) is 7.09. The van der Waals surface area contributed by atoms with Gasteiger partial charge in [-0.05, 0) is 6.92 Å². The first kappa shape index (κ1) is 7.96. The molecule has 0 unspecified atom stereocenters. The first-order valence-corrected chi connectivity index (χ1v) is 3.91. The van der Waals surface area contributed by atoms with Gasteiger partial charge >= 0.3 is 0 Å². The highest BCUT2D eigenvalue weighted by Crippen LogP contribution is 2.01. The van der Waals surface area contributed by atoms with E-state index in [0.717, 1.165) is 18.7 Å². The van der Waals surface area contributed by atoms with Crippen molar-refractivity contribution in [2.24, 2.45) is 0 Å². The number of hydrogen-bond acceptors (Lipinski definition) is 2. The van der Waals surface area contributed by atoms with Gasteiger partial charge in [0, 0.05) is 32.4 Å². The van der Waals surface area contributed by atoms with Gasteiger partial charge in [0.05, 0.1) is 5.70 Å². The van der Waals surface area contributed by atoms with E-state index in [0.29, 0.717) is 0 Å². The lowest BCUT2D eigenvalue weighted by Crippen LogP contribution is -2.10. The lowest BCUT2D eigenvalue weighted by atomic mass is 10.3. The van der Waals surface area contributed by atoms with Gasteiger partial charge in [-0.25, -0.2) is 0 Å². The van der Waals surface area contributed by atoms with Gasteiger partial charge in [0.2, 0.25) is 0 Å². The fourth-order valence-corrected chi connectivity index (χ4v) is 0.955. The average molecular weight is 150 g/mol. The molecule has 0 saturated carbocycles. The summed E-state index contributed by atoms with van der Waals surface area (Å²) in [6.45, 7) is 3.06. The maximum atomic E-state index is 3.24. The summed E-state index contributed by atoms with van der Waals surface area (Å²) in [4.78, 5) is 1.99. The third-order valence-electron chi connectivity index (χ3n) is 1.50. The first-order chi connectivity index (χ1) is 5.33. The van der Waals surface area contributed by atoms with Crippen LogP contribution in [0.15, 0.2) is 29.9 Å². The summed E-state index contributed by atoms with van der Waals surface area (Å²) >= 11 is 0. The van der Waals surface area contributed by atoms with Crippen molar-refractivity contribution in [2.75, 3.05) is 13.6 Å². The van der Waals surface area contributed by atoms with Gasteiger partial charge in [0.15, 0.2) is 0 Å². The Balaban J connectivity index is 2.65. The predicted molar refractivity (Wildman–Crippen MR) is 46.8 cm³/mol. The molecule has 0 aromatic heterocycles. The fourth-order valence-electron chi connectivity index (χ4n) is 0.955. The van der Waals surface area contributed by atoms with Crippen LogP contribution in [0.1, 0.15) is 13.3 Å². The van der Waals surface area contributed by atoms with E-state index in [2.05, 4.69) is 24.0 Å². The predicted octanol–water partition coefficient (Wildman–Crippen LogP) is 1.44. The first-order valence-electron chi connectivity index (χ1n) is 3.91. The van der Waals surface area contributed by atoms with Crippen LogP contribution < -0.4 is 5.32 Å². The van der Waals surface area contributed by atoms with Crippen molar-refractivity contribution in [1.82, 2.24) is 10.2 Å². The quantitative estimate of drug-likeness (QED) is 0.599. The molecule has 0 bridgehead atoms. The highest BCUT2D eigenvalue weighted by molar-refractivity contribution is 5.09. The Hall–Kier alpha value is -1.14. The molecule has 0 aliphatic carbocycles. The molecule has 1 heterocycles. The van der Waals surface area contributed by atoms with E-state index in [4.69, 9.17) is 0 Å². The molecule has 11 heavy (non-hydrogen) atoms. The Kier molecular flexibility index (Phi) is 2.82. The van der Waals surface area contributed by atoms with Crippen molar-refractivity contribution in [3.63, 3.8) is 0 Å². The maximum absolute atomic E-state index is 3.24. The van der Waals surface area contributed by atoms with Crippen LogP contribution in [0.2, 0.25) is 0 Å². The molecule has 60 valence electrons. The summed E-state index contributed by atoms with van der Waals surface area (Å²) in [5, 5.41) is 3.24. The summed E-state index contributed by atoms with van der Waals surface area (Å²) in [5.74, 6) is 0. The van der Waals surface area contributed by atoms with Crippen LogP contribution in [-0.4, -0.2) is 18.5 Å². The molecule has 1 aliphatic rings. The van der Waals surface area contributed by atoms with Crippen molar-refractivity contribution in [1.29, 1.82) is 0 Å². The van der Waals surface area contributed by atoms with Gasteiger partial charge in [-0.1, -0.05) is 11.8 Å².